The first kappa shape index (κ1) is 23.4. The fraction of sp³-hybridized carbons (Fsp3) is 0.231. The number of nitrogens with zero attached hydrogens (tertiary/aromatic N) is 5. The second-order valence-corrected chi connectivity index (χ2v) is 8.95. The predicted octanol–water partition coefficient (Wildman–Crippen LogP) is 3.43. The second-order valence-electron chi connectivity index (χ2n) is 8.95. The van der Waals surface area contributed by atoms with E-state index in [4.69, 9.17) is 5.11 Å². The van der Waals surface area contributed by atoms with Gasteiger partial charge in [0, 0.05) is 50.1 Å². The zero-order valence-electron chi connectivity index (χ0n) is 19.8. The third-order valence-electron chi connectivity index (χ3n) is 6.47. The van der Waals surface area contributed by atoms with Crippen LogP contribution in [0.4, 0.5) is 15.9 Å². The summed E-state index contributed by atoms with van der Waals surface area (Å²) < 4.78 is 17.7. The van der Waals surface area contributed by atoms with Crippen molar-refractivity contribution in [3.05, 3.63) is 94.0 Å². The molecule has 2 aromatic carbocycles. The molecule has 0 radical (unpaired) electrons. The van der Waals surface area contributed by atoms with Gasteiger partial charge >= 0.3 is 5.97 Å². The van der Waals surface area contributed by atoms with Crippen molar-refractivity contribution < 1.29 is 14.3 Å². The van der Waals surface area contributed by atoms with E-state index in [1.807, 2.05) is 26.0 Å². The lowest BCUT2D eigenvalue weighted by molar-refractivity contribution is -0.147. The highest BCUT2D eigenvalue weighted by molar-refractivity contribution is 5.71. The lowest BCUT2D eigenvalue weighted by Crippen LogP contribution is -2.49. The number of aliphatic carboxylic acids is 1. The molecule has 36 heavy (non-hydrogen) atoms. The molecule has 1 aliphatic rings. The van der Waals surface area contributed by atoms with Crippen molar-refractivity contribution in [2.75, 3.05) is 18.4 Å². The SMILES string of the molecule is Cc1cc(-n2ccnc(Nc3c(F)cccc3-n3cccn3)c2=O)cc(C)c1CN1CC(C(=O)O)C1. The van der Waals surface area contributed by atoms with Gasteiger partial charge in [0.25, 0.3) is 5.56 Å². The van der Waals surface area contributed by atoms with E-state index in [2.05, 4.69) is 20.3 Å². The average molecular weight is 489 g/mol. The summed E-state index contributed by atoms with van der Waals surface area (Å²) in [6.07, 6.45) is 6.34. The highest BCUT2D eigenvalue weighted by Crippen LogP contribution is 2.27. The smallest absolute Gasteiger partial charge is 0.309 e. The van der Waals surface area contributed by atoms with Crippen molar-refractivity contribution >= 4 is 17.5 Å². The largest absolute Gasteiger partial charge is 0.481 e. The van der Waals surface area contributed by atoms with Gasteiger partial charge in [0.1, 0.15) is 11.5 Å². The molecule has 0 saturated carbocycles. The summed E-state index contributed by atoms with van der Waals surface area (Å²) in [5.41, 5.74) is 3.89. The minimum Gasteiger partial charge on any atom is -0.481 e. The van der Waals surface area contributed by atoms with Crippen LogP contribution in [0.15, 0.2) is 66.0 Å². The molecule has 0 aliphatic carbocycles. The molecule has 0 unspecified atom stereocenters. The van der Waals surface area contributed by atoms with E-state index in [9.17, 15) is 14.0 Å². The Balaban J connectivity index is 1.44. The van der Waals surface area contributed by atoms with Gasteiger partial charge in [-0.3, -0.25) is 19.1 Å². The van der Waals surface area contributed by atoms with E-state index in [1.165, 1.54) is 21.5 Å². The number of para-hydroxylation sites is 1. The Morgan fingerprint density at radius 2 is 1.89 bits per heavy atom. The maximum absolute atomic E-state index is 14.8. The molecular weight excluding hydrogens is 463 g/mol. The molecule has 10 heteroatoms. The van der Waals surface area contributed by atoms with Crippen LogP contribution in [0.3, 0.4) is 0 Å². The molecular formula is C26H25FN6O3. The van der Waals surface area contributed by atoms with E-state index in [0.717, 1.165) is 16.7 Å². The molecule has 0 bridgehead atoms. The number of carboxylic acid groups (broad SMARTS) is 1. The topological polar surface area (TPSA) is 105 Å². The molecule has 5 rings (SSSR count). The molecule has 0 spiro atoms. The van der Waals surface area contributed by atoms with E-state index >= 15 is 0 Å². The summed E-state index contributed by atoms with van der Waals surface area (Å²) in [6, 6.07) is 10.1. The molecule has 4 aromatic rings. The molecule has 1 aliphatic heterocycles. The predicted molar refractivity (Wildman–Crippen MR) is 133 cm³/mol. The Morgan fingerprint density at radius 1 is 1.14 bits per heavy atom. The molecule has 1 fully saturated rings. The number of carboxylic acids is 1. The lowest BCUT2D eigenvalue weighted by atomic mass is 9.96. The number of benzene rings is 2. The Kier molecular flexibility index (Phi) is 6.11. The van der Waals surface area contributed by atoms with Crippen molar-refractivity contribution in [3.63, 3.8) is 0 Å². The van der Waals surface area contributed by atoms with Crippen molar-refractivity contribution in [1.29, 1.82) is 0 Å². The van der Waals surface area contributed by atoms with Gasteiger partial charge in [0.15, 0.2) is 5.82 Å². The van der Waals surface area contributed by atoms with Gasteiger partial charge in [-0.2, -0.15) is 5.10 Å². The summed E-state index contributed by atoms with van der Waals surface area (Å²) in [6.45, 7) is 5.67. The van der Waals surface area contributed by atoms with Crippen molar-refractivity contribution in [2.45, 2.75) is 20.4 Å². The van der Waals surface area contributed by atoms with Crippen LogP contribution in [0.5, 0.6) is 0 Å². The number of hydrogen-bond acceptors (Lipinski definition) is 6. The normalized spacial score (nSPS) is 14.0. The Bertz CT molecular complexity index is 1470. The number of likely N-dealkylation sites (tertiary alicyclic amines) is 1. The maximum Gasteiger partial charge on any atom is 0.309 e. The lowest BCUT2D eigenvalue weighted by Gasteiger charge is -2.37. The summed E-state index contributed by atoms with van der Waals surface area (Å²) in [5.74, 6) is -1.62. The molecule has 0 atom stereocenters. The van der Waals surface area contributed by atoms with E-state index < -0.39 is 17.3 Å². The van der Waals surface area contributed by atoms with Gasteiger partial charge in [-0.15, -0.1) is 0 Å². The van der Waals surface area contributed by atoms with Gasteiger partial charge in [0.05, 0.1) is 11.6 Å². The summed E-state index contributed by atoms with van der Waals surface area (Å²) >= 11 is 0. The van der Waals surface area contributed by atoms with Crippen LogP contribution >= 0.6 is 0 Å². The van der Waals surface area contributed by atoms with Crippen LogP contribution in [0.2, 0.25) is 0 Å². The number of halogens is 1. The molecule has 0 amide bonds. The molecule has 9 nitrogen and oxygen atoms in total. The number of aryl methyl sites for hydroxylation is 2. The maximum atomic E-state index is 14.8. The minimum absolute atomic E-state index is 0.0179. The Morgan fingerprint density at radius 3 is 2.56 bits per heavy atom. The van der Waals surface area contributed by atoms with Gasteiger partial charge < -0.3 is 10.4 Å². The van der Waals surface area contributed by atoms with Crippen molar-refractivity contribution in [1.82, 2.24) is 24.2 Å². The number of rotatable bonds is 7. The van der Waals surface area contributed by atoms with Crippen molar-refractivity contribution in [3.8, 4) is 11.4 Å². The van der Waals surface area contributed by atoms with Crippen LogP contribution in [-0.4, -0.2) is 48.4 Å². The first-order chi connectivity index (χ1) is 17.3. The fourth-order valence-corrected chi connectivity index (χ4v) is 4.50. The summed E-state index contributed by atoms with van der Waals surface area (Å²) in [7, 11) is 0. The zero-order valence-corrected chi connectivity index (χ0v) is 19.8. The van der Waals surface area contributed by atoms with Crippen LogP contribution in [0.25, 0.3) is 11.4 Å². The molecule has 3 heterocycles. The minimum atomic E-state index is -0.761. The Labute approximate surface area is 206 Å². The highest BCUT2D eigenvalue weighted by atomic mass is 19.1. The second kappa shape index (κ2) is 9.38. The third-order valence-corrected chi connectivity index (χ3v) is 6.47. The van der Waals surface area contributed by atoms with Crippen molar-refractivity contribution in [2.24, 2.45) is 5.92 Å². The standard InChI is InChI=1S/C26H25FN6O3/c1-16-11-19(12-17(2)20(16)15-31-13-18(14-31)26(35)36)32-10-8-28-24(25(32)34)30-23-21(27)5-3-6-22(23)33-9-4-7-29-33/h3-12,18H,13-15H2,1-2H3,(H,28,30)(H,35,36). The highest BCUT2D eigenvalue weighted by Gasteiger charge is 2.32. The van der Waals surface area contributed by atoms with Gasteiger partial charge in [-0.25, -0.2) is 14.1 Å². The van der Waals surface area contributed by atoms with Gasteiger partial charge in [0.2, 0.25) is 0 Å². The first-order valence-corrected chi connectivity index (χ1v) is 11.5. The van der Waals surface area contributed by atoms with Gasteiger partial charge in [-0.1, -0.05) is 6.07 Å². The number of anilines is 2. The summed E-state index contributed by atoms with van der Waals surface area (Å²) in [5, 5.41) is 16.1. The van der Waals surface area contributed by atoms with Crippen LogP contribution in [0, 0.1) is 25.6 Å². The number of carbonyl (C=O) groups is 1. The van der Waals surface area contributed by atoms with E-state index in [0.29, 0.717) is 31.0 Å². The summed E-state index contributed by atoms with van der Waals surface area (Å²) in [4.78, 5) is 30.7. The fourth-order valence-electron chi connectivity index (χ4n) is 4.50. The van der Waals surface area contributed by atoms with Crippen LogP contribution in [-0.2, 0) is 11.3 Å². The molecule has 184 valence electrons. The van der Waals surface area contributed by atoms with Crippen LogP contribution in [0.1, 0.15) is 16.7 Å². The van der Waals surface area contributed by atoms with Crippen LogP contribution < -0.4 is 10.9 Å². The zero-order chi connectivity index (χ0) is 25.4. The molecule has 2 aromatic heterocycles. The molecule has 2 N–H and O–H groups in total. The van der Waals surface area contributed by atoms with E-state index in [-0.39, 0.29) is 17.4 Å². The van der Waals surface area contributed by atoms with E-state index in [1.54, 1.807) is 36.8 Å². The van der Waals surface area contributed by atoms with Gasteiger partial charge in [-0.05, 0) is 60.9 Å². The number of nitrogens with one attached hydrogen (secondary N) is 1. The third kappa shape index (κ3) is 4.38. The molecule has 1 saturated heterocycles. The number of aromatic nitrogens is 4. The monoisotopic (exact) mass is 488 g/mol. The average Bonchev–Trinajstić information content (AvgIpc) is 3.34. The Hall–Kier alpha value is -4.31. The quantitative estimate of drug-likeness (QED) is 0.411. The first-order valence-electron chi connectivity index (χ1n) is 11.5. The number of hydrogen-bond donors (Lipinski definition) is 2.